The molecule has 1 aromatic heterocycles. The number of hydrogen-bond acceptors (Lipinski definition) is 6. The molecule has 0 saturated heterocycles. The highest BCUT2D eigenvalue weighted by Crippen LogP contribution is 2.29. The molecule has 33 heavy (non-hydrogen) atoms. The Balaban J connectivity index is 1.51. The maximum Gasteiger partial charge on any atom is 0.416 e. The third kappa shape index (κ3) is 6.63. The zero-order chi connectivity index (χ0) is 24.0. The number of aromatic nitrogens is 1. The second kappa shape index (κ2) is 10.6. The van der Waals surface area contributed by atoms with Crippen molar-refractivity contribution in [3.8, 4) is 5.88 Å². The number of ether oxygens (including phenoxy) is 1. The van der Waals surface area contributed by atoms with Crippen molar-refractivity contribution in [3.05, 3.63) is 59.3 Å². The minimum absolute atomic E-state index is 0.0248. The van der Waals surface area contributed by atoms with Crippen molar-refractivity contribution in [3.63, 3.8) is 0 Å². The van der Waals surface area contributed by atoms with Gasteiger partial charge in [-0.15, -0.1) is 0 Å². The number of pyridine rings is 1. The van der Waals surface area contributed by atoms with E-state index < -0.39 is 17.7 Å². The summed E-state index contributed by atoms with van der Waals surface area (Å²) >= 11 is 0. The van der Waals surface area contributed by atoms with Gasteiger partial charge in [-0.25, -0.2) is 4.98 Å². The van der Waals surface area contributed by atoms with E-state index in [0.717, 1.165) is 12.1 Å². The zero-order valence-electron chi connectivity index (χ0n) is 18.4. The molecule has 0 bridgehead atoms. The summed E-state index contributed by atoms with van der Waals surface area (Å²) in [5.74, 6) is -0.185. The number of ketones is 2. The summed E-state index contributed by atoms with van der Waals surface area (Å²) in [4.78, 5) is 33.7. The van der Waals surface area contributed by atoms with Crippen molar-refractivity contribution in [2.45, 2.75) is 45.9 Å². The van der Waals surface area contributed by atoms with Crippen LogP contribution in [0.5, 0.6) is 5.88 Å². The molecule has 176 valence electrons. The van der Waals surface area contributed by atoms with Gasteiger partial charge in [-0.05, 0) is 37.1 Å². The fraction of sp³-hybridized carbons (Fsp3) is 0.417. The van der Waals surface area contributed by atoms with Gasteiger partial charge in [0.15, 0.2) is 0 Å². The first-order valence-corrected chi connectivity index (χ1v) is 10.6. The van der Waals surface area contributed by atoms with Crippen LogP contribution in [-0.2, 0) is 27.2 Å². The second-order valence-electron chi connectivity index (χ2n) is 7.99. The molecule has 2 unspecified atom stereocenters. The van der Waals surface area contributed by atoms with Gasteiger partial charge in [0.2, 0.25) is 5.88 Å². The van der Waals surface area contributed by atoms with E-state index in [1.165, 1.54) is 12.1 Å². The molecule has 9 heteroatoms. The third-order valence-electron chi connectivity index (χ3n) is 5.55. The van der Waals surface area contributed by atoms with Crippen LogP contribution in [0.4, 0.5) is 13.2 Å². The number of nitrogens with zero attached hydrogens (tertiary/aromatic N) is 2. The van der Waals surface area contributed by atoms with Crippen LogP contribution in [0.15, 0.2) is 47.8 Å². The molecule has 0 amide bonds. The Hall–Kier alpha value is -3.23. The first kappa shape index (κ1) is 24.4. The SMILES string of the molecule is CCC1CC(=O)CC(COc2ccc(/C(C)=N/OCc3ccc(C(F)(F)F)cc3)cn2)C1=O. The molecule has 6 nitrogen and oxygen atoms in total. The first-order valence-electron chi connectivity index (χ1n) is 10.6. The summed E-state index contributed by atoms with van der Waals surface area (Å²) in [5, 5.41) is 3.98. The fourth-order valence-electron chi connectivity index (χ4n) is 3.57. The van der Waals surface area contributed by atoms with Gasteiger partial charge in [0, 0.05) is 36.6 Å². The number of alkyl halides is 3. The van der Waals surface area contributed by atoms with Gasteiger partial charge in [0.1, 0.15) is 24.8 Å². The Morgan fingerprint density at radius 1 is 1.09 bits per heavy atom. The van der Waals surface area contributed by atoms with E-state index in [-0.39, 0.29) is 37.1 Å². The predicted octanol–water partition coefficient (Wildman–Crippen LogP) is 4.99. The van der Waals surface area contributed by atoms with Gasteiger partial charge in [0.05, 0.1) is 17.2 Å². The van der Waals surface area contributed by atoms with Crippen LogP contribution in [-0.4, -0.2) is 28.9 Å². The monoisotopic (exact) mass is 462 g/mol. The molecule has 0 spiro atoms. The van der Waals surface area contributed by atoms with Crippen LogP contribution >= 0.6 is 0 Å². The van der Waals surface area contributed by atoms with E-state index in [2.05, 4.69) is 10.1 Å². The van der Waals surface area contributed by atoms with Crippen LogP contribution in [0.3, 0.4) is 0 Å². The van der Waals surface area contributed by atoms with Gasteiger partial charge in [-0.1, -0.05) is 24.2 Å². The summed E-state index contributed by atoms with van der Waals surface area (Å²) in [6.45, 7) is 3.74. The van der Waals surface area contributed by atoms with E-state index in [0.29, 0.717) is 35.6 Å². The molecular weight excluding hydrogens is 437 g/mol. The minimum Gasteiger partial charge on any atom is -0.477 e. The van der Waals surface area contributed by atoms with Gasteiger partial charge >= 0.3 is 6.18 Å². The molecule has 1 heterocycles. The van der Waals surface area contributed by atoms with E-state index in [1.807, 2.05) is 6.92 Å². The van der Waals surface area contributed by atoms with E-state index in [4.69, 9.17) is 9.57 Å². The van der Waals surface area contributed by atoms with Crippen LogP contribution in [0, 0.1) is 11.8 Å². The highest BCUT2D eigenvalue weighted by molar-refractivity contribution is 5.98. The lowest BCUT2D eigenvalue weighted by atomic mass is 9.78. The fourth-order valence-corrected chi connectivity index (χ4v) is 3.57. The summed E-state index contributed by atoms with van der Waals surface area (Å²) < 4.78 is 43.4. The molecule has 1 aliphatic carbocycles. The lowest BCUT2D eigenvalue weighted by Gasteiger charge is -2.25. The Morgan fingerprint density at radius 3 is 2.39 bits per heavy atom. The van der Waals surface area contributed by atoms with Crippen LogP contribution in [0.1, 0.15) is 49.8 Å². The minimum atomic E-state index is -4.38. The van der Waals surface area contributed by atoms with Crippen LogP contribution in [0.25, 0.3) is 0 Å². The van der Waals surface area contributed by atoms with Crippen molar-refractivity contribution in [2.24, 2.45) is 17.0 Å². The Bertz CT molecular complexity index is 1000. The molecular formula is C24H25F3N2O4. The lowest BCUT2D eigenvalue weighted by Crippen LogP contribution is -2.36. The smallest absolute Gasteiger partial charge is 0.416 e. The Labute approximate surface area is 189 Å². The summed E-state index contributed by atoms with van der Waals surface area (Å²) in [6.07, 6.45) is -1.67. The number of carbonyl (C=O) groups excluding carboxylic acids is 2. The number of rotatable bonds is 8. The average molecular weight is 462 g/mol. The number of hydrogen-bond donors (Lipinski definition) is 0. The number of halogens is 3. The van der Waals surface area contributed by atoms with Crippen molar-refractivity contribution in [2.75, 3.05) is 6.61 Å². The van der Waals surface area contributed by atoms with Crippen molar-refractivity contribution >= 4 is 17.3 Å². The molecule has 1 aromatic carbocycles. The van der Waals surface area contributed by atoms with E-state index in [1.54, 1.807) is 25.3 Å². The molecule has 1 aliphatic rings. The Morgan fingerprint density at radius 2 is 1.79 bits per heavy atom. The molecule has 0 radical (unpaired) electrons. The molecule has 2 atom stereocenters. The molecule has 1 saturated carbocycles. The quantitative estimate of drug-likeness (QED) is 0.408. The number of carbonyl (C=O) groups is 2. The average Bonchev–Trinajstić information content (AvgIpc) is 2.79. The largest absolute Gasteiger partial charge is 0.477 e. The first-order chi connectivity index (χ1) is 15.7. The lowest BCUT2D eigenvalue weighted by molar-refractivity contribution is -0.138. The van der Waals surface area contributed by atoms with E-state index in [9.17, 15) is 22.8 Å². The maximum atomic E-state index is 12.6. The number of Topliss-reactive ketones (excluding diaryl/α,β-unsaturated/α-hetero) is 2. The number of benzene rings is 1. The van der Waals surface area contributed by atoms with Crippen LogP contribution in [0.2, 0.25) is 0 Å². The van der Waals surface area contributed by atoms with Crippen molar-refractivity contribution in [1.82, 2.24) is 4.98 Å². The van der Waals surface area contributed by atoms with Gasteiger partial charge in [0.25, 0.3) is 0 Å². The van der Waals surface area contributed by atoms with Gasteiger partial charge in [-0.2, -0.15) is 13.2 Å². The summed E-state index contributed by atoms with van der Waals surface area (Å²) in [6, 6.07) is 8.04. The van der Waals surface area contributed by atoms with E-state index >= 15 is 0 Å². The van der Waals surface area contributed by atoms with Crippen molar-refractivity contribution < 1.29 is 32.3 Å². The third-order valence-corrected chi connectivity index (χ3v) is 5.55. The standard InChI is InChI=1S/C24H25F3N2O4/c1-3-17-10-21(30)11-19(23(17)31)14-32-22-9-6-18(12-28-22)15(2)29-33-13-16-4-7-20(8-5-16)24(25,26)27/h4-9,12,17,19H,3,10-11,13-14H2,1-2H3/b29-15+. The number of oxime groups is 1. The molecule has 3 rings (SSSR count). The molecule has 0 aliphatic heterocycles. The second-order valence-corrected chi connectivity index (χ2v) is 7.99. The highest BCUT2D eigenvalue weighted by Gasteiger charge is 2.35. The molecule has 2 aromatic rings. The van der Waals surface area contributed by atoms with Crippen molar-refractivity contribution in [1.29, 1.82) is 0 Å². The maximum absolute atomic E-state index is 12.6. The van der Waals surface area contributed by atoms with Crippen LogP contribution < -0.4 is 4.74 Å². The molecule has 0 N–H and O–H groups in total. The highest BCUT2D eigenvalue weighted by atomic mass is 19.4. The molecule has 1 fully saturated rings. The Kier molecular flexibility index (Phi) is 7.84. The predicted molar refractivity (Wildman–Crippen MR) is 115 cm³/mol. The van der Waals surface area contributed by atoms with Gasteiger partial charge in [-0.3, -0.25) is 9.59 Å². The normalized spacial score (nSPS) is 19.5. The topological polar surface area (TPSA) is 77.8 Å². The summed E-state index contributed by atoms with van der Waals surface area (Å²) in [7, 11) is 0. The zero-order valence-corrected chi connectivity index (χ0v) is 18.4. The van der Waals surface area contributed by atoms with Gasteiger partial charge < -0.3 is 9.57 Å². The summed E-state index contributed by atoms with van der Waals surface area (Å²) in [5.41, 5.74) is 1.04.